The largest absolute Gasteiger partial charge is 0.307 e. The van der Waals surface area contributed by atoms with Gasteiger partial charge in [-0.3, -0.25) is 4.39 Å². The fourth-order valence-electron chi connectivity index (χ4n) is 2.27. The smallest absolute Gasteiger partial charge is 0.149 e. The molecule has 2 heterocycles. The minimum atomic E-state index is -1.20. The molecule has 0 radical (unpaired) electrons. The van der Waals surface area contributed by atoms with Crippen molar-refractivity contribution in [2.75, 3.05) is 6.67 Å². The van der Waals surface area contributed by atoms with Crippen molar-refractivity contribution in [2.24, 2.45) is 5.41 Å². The van der Waals surface area contributed by atoms with Crippen molar-refractivity contribution in [3.05, 3.63) is 35.8 Å². The highest BCUT2D eigenvalue weighted by atomic mass is 19.1. The molecule has 20 heavy (non-hydrogen) atoms. The van der Waals surface area contributed by atoms with Crippen LogP contribution in [-0.2, 0) is 6.42 Å². The minimum Gasteiger partial charge on any atom is -0.307 e. The summed E-state index contributed by atoms with van der Waals surface area (Å²) in [6.45, 7) is 1.44. The van der Waals surface area contributed by atoms with Crippen LogP contribution >= 0.6 is 0 Å². The number of alkyl halides is 1. The fraction of sp³-hybridized carbons (Fsp3) is 0.400. The van der Waals surface area contributed by atoms with Crippen LogP contribution in [0.1, 0.15) is 24.1 Å². The van der Waals surface area contributed by atoms with Gasteiger partial charge in [-0.1, -0.05) is 6.07 Å². The van der Waals surface area contributed by atoms with E-state index in [9.17, 15) is 14.9 Å². The topological polar surface area (TPSA) is 64.9 Å². The predicted octanol–water partition coefficient (Wildman–Crippen LogP) is 2.97. The number of halogens is 1. The van der Waals surface area contributed by atoms with E-state index in [1.807, 2.05) is 48.0 Å². The van der Waals surface area contributed by atoms with Crippen LogP contribution < -0.4 is 0 Å². The molecule has 0 N–H and O–H groups in total. The van der Waals surface area contributed by atoms with E-state index in [2.05, 4.69) is 4.98 Å². The number of nitriles is 2. The van der Waals surface area contributed by atoms with Crippen LogP contribution in [0.4, 0.5) is 4.39 Å². The summed E-state index contributed by atoms with van der Waals surface area (Å²) in [6.07, 6.45) is 4.36. The number of aryl methyl sites for hydroxylation is 1. The SMILES string of the molecule is Cc1cccn2cc(CC(C#N)(C#N)CCCF)nc12. The van der Waals surface area contributed by atoms with Gasteiger partial charge >= 0.3 is 0 Å². The van der Waals surface area contributed by atoms with E-state index < -0.39 is 12.1 Å². The van der Waals surface area contributed by atoms with Gasteiger partial charge in [0.05, 0.1) is 24.5 Å². The zero-order valence-corrected chi connectivity index (χ0v) is 11.3. The molecule has 2 rings (SSSR count). The normalized spacial score (nSPS) is 11.2. The summed E-state index contributed by atoms with van der Waals surface area (Å²) in [7, 11) is 0. The zero-order chi connectivity index (χ0) is 14.6. The molecule has 102 valence electrons. The van der Waals surface area contributed by atoms with Gasteiger partial charge in [-0.15, -0.1) is 0 Å². The van der Waals surface area contributed by atoms with Gasteiger partial charge < -0.3 is 4.40 Å². The molecular weight excluding hydrogens is 255 g/mol. The number of pyridine rings is 1. The second kappa shape index (κ2) is 5.71. The van der Waals surface area contributed by atoms with Crippen molar-refractivity contribution < 1.29 is 4.39 Å². The number of fused-ring (bicyclic) bond motifs is 1. The Morgan fingerprint density at radius 2 is 2.15 bits per heavy atom. The quantitative estimate of drug-likeness (QED) is 0.839. The van der Waals surface area contributed by atoms with Gasteiger partial charge in [-0.05, 0) is 31.4 Å². The van der Waals surface area contributed by atoms with Gasteiger partial charge in [0, 0.05) is 18.8 Å². The lowest BCUT2D eigenvalue weighted by molar-refractivity contribution is 0.390. The van der Waals surface area contributed by atoms with Gasteiger partial charge in [-0.2, -0.15) is 10.5 Å². The maximum absolute atomic E-state index is 12.3. The van der Waals surface area contributed by atoms with Crippen molar-refractivity contribution in [1.82, 2.24) is 9.38 Å². The molecule has 0 aliphatic heterocycles. The summed E-state index contributed by atoms with van der Waals surface area (Å²) < 4.78 is 14.2. The summed E-state index contributed by atoms with van der Waals surface area (Å²) in [4.78, 5) is 4.47. The van der Waals surface area contributed by atoms with E-state index >= 15 is 0 Å². The molecule has 0 fully saturated rings. The van der Waals surface area contributed by atoms with E-state index in [4.69, 9.17) is 0 Å². The molecule has 0 amide bonds. The van der Waals surface area contributed by atoms with Gasteiger partial charge in [0.2, 0.25) is 0 Å². The lowest BCUT2D eigenvalue weighted by Gasteiger charge is -2.15. The third kappa shape index (κ3) is 2.62. The molecule has 0 bridgehead atoms. The molecule has 0 saturated heterocycles. The Morgan fingerprint density at radius 3 is 2.75 bits per heavy atom. The molecule has 0 unspecified atom stereocenters. The van der Waals surface area contributed by atoms with Gasteiger partial charge in [0.15, 0.2) is 0 Å². The average molecular weight is 270 g/mol. The number of imidazole rings is 1. The van der Waals surface area contributed by atoms with Crippen molar-refractivity contribution in [1.29, 1.82) is 10.5 Å². The Hall–Kier alpha value is -2.40. The first kappa shape index (κ1) is 14.0. The Morgan fingerprint density at radius 1 is 1.40 bits per heavy atom. The Labute approximate surface area is 117 Å². The summed E-state index contributed by atoms with van der Waals surface area (Å²) in [5.74, 6) is 0. The average Bonchev–Trinajstić information content (AvgIpc) is 2.87. The number of aromatic nitrogens is 2. The predicted molar refractivity (Wildman–Crippen MR) is 72.5 cm³/mol. The molecule has 4 nitrogen and oxygen atoms in total. The molecule has 2 aromatic heterocycles. The minimum absolute atomic E-state index is 0.216. The van der Waals surface area contributed by atoms with E-state index in [0.717, 1.165) is 11.2 Å². The lowest BCUT2D eigenvalue weighted by Crippen LogP contribution is -2.20. The number of hydrogen-bond acceptors (Lipinski definition) is 3. The van der Waals surface area contributed by atoms with Gasteiger partial charge in [-0.25, -0.2) is 4.98 Å². The van der Waals surface area contributed by atoms with E-state index in [0.29, 0.717) is 5.69 Å². The second-order valence-corrected chi connectivity index (χ2v) is 4.93. The number of nitrogens with zero attached hydrogens (tertiary/aromatic N) is 4. The molecule has 0 saturated carbocycles. The Balaban J connectivity index is 2.32. The maximum atomic E-state index is 12.3. The van der Waals surface area contributed by atoms with Gasteiger partial charge in [0.1, 0.15) is 11.1 Å². The van der Waals surface area contributed by atoms with Crippen molar-refractivity contribution >= 4 is 5.65 Å². The number of hydrogen-bond donors (Lipinski definition) is 0. The van der Waals surface area contributed by atoms with Gasteiger partial charge in [0.25, 0.3) is 0 Å². The summed E-state index contributed by atoms with van der Waals surface area (Å²) in [5, 5.41) is 18.5. The van der Waals surface area contributed by atoms with Crippen LogP contribution in [0.2, 0.25) is 0 Å². The third-order valence-corrected chi connectivity index (χ3v) is 3.38. The molecule has 0 aliphatic rings. The molecule has 0 aromatic carbocycles. The first-order valence-electron chi connectivity index (χ1n) is 6.46. The van der Waals surface area contributed by atoms with Crippen molar-refractivity contribution in [3.63, 3.8) is 0 Å². The highest BCUT2D eigenvalue weighted by Gasteiger charge is 2.31. The van der Waals surface area contributed by atoms with Crippen molar-refractivity contribution in [2.45, 2.75) is 26.2 Å². The number of rotatable bonds is 5. The van der Waals surface area contributed by atoms with Crippen LogP contribution in [0.3, 0.4) is 0 Å². The summed E-state index contributed by atoms with van der Waals surface area (Å²) in [6, 6.07) is 7.93. The molecule has 5 heteroatoms. The monoisotopic (exact) mass is 270 g/mol. The standard InChI is InChI=1S/C15H15FN4/c1-12-4-2-7-20-9-13(19-14(12)20)8-15(10-17,11-18)5-3-6-16/h2,4,7,9H,3,5-6,8H2,1H3. The lowest BCUT2D eigenvalue weighted by atomic mass is 9.82. The first-order chi connectivity index (χ1) is 9.64. The van der Waals surface area contributed by atoms with Crippen LogP contribution in [0.15, 0.2) is 24.5 Å². The van der Waals surface area contributed by atoms with E-state index in [-0.39, 0.29) is 19.3 Å². The van der Waals surface area contributed by atoms with Crippen LogP contribution in [0.25, 0.3) is 5.65 Å². The third-order valence-electron chi connectivity index (χ3n) is 3.38. The molecule has 0 atom stereocenters. The summed E-state index contributed by atoms with van der Waals surface area (Å²) in [5.41, 5.74) is 1.33. The van der Waals surface area contributed by atoms with Crippen molar-refractivity contribution in [3.8, 4) is 12.1 Å². The highest BCUT2D eigenvalue weighted by Crippen LogP contribution is 2.27. The Kier molecular flexibility index (Phi) is 4.00. The molecule has 0 aliphatic carbocycles. The van der Waals surface area contributed by atoms with Crippen LogP contribution in [0, 0.1) is 35.0 Å². The zero-order valence-electron chi connectivity index (χ0n) is 11.3. The summed E-state index contributed by atoms with van der Waals surface area (Å²) >= 11 is 0. The molecule has 2 aromatic rings. The Bertz CT molecular complexity index is 676. The molecule has 0 spiro atoms. The van der Waals surface area contributed by atoms with E-state index in [1.165, 1.54) is 0 Å². The van der Waals surface area contributed by atoms with Crippen LogP contribution in [-0.4, -0.2) is 16.1 Å². The second-order valence-electron chi connectivity index (χ2n) is 4.93. The fourth-order valence-corrected chi connectivity index (χ4v) is 2.27. The first-order valence-corrected chi connectivity index (χ1v) is 6.46. The molecular formula is C15H15FN4. The van der Waals surface area contributed by atoms with Crippen LogP contribution in [0.5, 0.6) is 0 Å². The maximum Gasteiger partial charge on any atom is 0.149 e. The highest BCUT2D eigenvalue weighted by molar-refractivity contribution is 5.48. The van der Waals surface area contributed by atoms with E-state index in [1.54, 1.807) is 0 Å².